The zero-order chi connectivity index (χ0) is 20.6. The first-order valence-electron chi connectivity index (χ1n) is 8.82. The zero-order valence-electron chi connectivity index (χ0n) is 15.2. The Morgan fingerprint density at radius 1 is 1.03 bits per heavy atom. The van der Waals surface area contributed by atoms with Gasteiger partial charge in [-0.1, -0.05) is 66.2 Å². The first-order valence-corrected chi connectivity index (χ1v) is 10.8. The van der Waals surface area contributed by atoms with Crippen molar-refractivity contribution in [1.82, 2.24) is 0 Å². The van der Waals surface area contributed by atoms with E-state index in [9.17, 15) is 13.5 Å². The number of hydrogen-bond donors (Lipinski definition) is 2. The number of rotatable bonds is 5. The molecule has 2 atom stereocenters. The van der Waals surface area contributed by atoms with Gasteiger partial charge in [-0.25, -0.2) is 0 Å². The largest absolute Gasteiger partial charge is 0.465 e. The third-order valence-electron chi connectivity index (χ3n) is 4.62. The smallest absolute Gasteiger partial charge is 0.313 e. The molecule has 1 heterocycles. The van der Waals surface area contributed by atoms with Crippen LogP contribution in [0.1, 0.15) is 17.2 Å². The average Bonchev–Trinajstić information content (AvgIpc) is 2.96. The van der Waals surface area contributed by atoms with Crippen molar-refractivity contribution >= 4 is 32.5 Å². The third kappa shape index (κ3) is 4.17. The van der Waals surface area contributed by atoms with E-state index in [1.807, 2.05) is 30.3 Å². The van der Waals surface area contributed by atoms with Crippen molar-refractivity contribution in [2.45, 2.75) is 18.0 Å². The van der Waals surface area contributed by atoms with Crippen LogP contribution in [-0.4, -0.2) is 19.6 Å². The van der Waals surface area contributed by atoms with E-state index < -0.39 is 22.3 Å². The zero-order valence-corrected chi connectivity index (χ0v) is 16.7. The van der Waals surface area contributed by atoms with E-state index in [-0.39, 0.29) is 17.4 Å². The molecule has 1 aliphatic rings. The van der Waals surface area contributed by atoms with E-state index in [4.69, 9.17) is 26.3 Å². The van der Waals surface area contributed by atoms with E-state index in [2.05, 4.69) is 0 Å². The Morgan fingerprint density at radius 3 is 2.45 bits per heavy atom. The summed E-state index contributed by atoms with van der Waals surface area (Å²) in [6, 6.07) is 19.6. The van der Waals surface area contributed by atoms with Crippen LogP contribution < -0.4 is 5.73 Å². The molecule has 0 fully saturated rings. The van der Waals surface area contributed by atoms with Crippen LogP contribution in [0.4, 0.5) is 0 Å². The summed E-state index contributed by atoms with van der Waals surface area (Å²) in [5, 5.41) is 13.0. The van der Waals surface area contributed by atoms with Gasteiger partial charge in [0.2, 0.25) is 11.6 Å². The summed E-state index contributed by atoms with van der Waals surface area (Å²) >= 11 is 5.87. The molecule has 0 saturated heterocycles. The molecule has 0 aromatic heterocycles. The third-order valence-corrected chi connectivity index (χ3v) is 6.00. The lowest BCUT2D eigenvalue weighted by molar-refractivity contribution is 0.0408. The van der Waals surface area contributed by atoms with Crippen LogP contribution in [-0.2, 0) is 24.8 Å². The minimum atomic E-state index is -4.06. The summed E-state index contributed by atoms with van der Waals surface area (Å²) in [7, 11) is -4.06. The molecule has 8 heteroatoms. The molecule has 150 valence electrons. The standard InChI is InChI=1S/C21H18ClNO5S/c22-17-9-7-15(8-10-17)19-18(24)20(21(23)27-19)28-29(25,26)12-13-5-6-14-3-1-2-4-16(14)11-13/h1-11,18-19,24H,12,23H2. The quantitative estimate of drug-likeness (QED) is 0.599. The number of ether oxygens (including phenoxy) is 1. The van der Waals surface area contributed by atoms with Crippen molar-refractivity contribution in [1.29, 1.82) is 0 Å². The fourth-order valence-electron chi connectivity index (χ4n) is 3.23. The van der Waals surface area contributed by atoms with Crippen LogP contribution in [0.5, 0.6) is 0 Å². The van der Waals surface area contributed by atoms with E-state index in [0.29, 0.717) is 16.1 Å². The minimum absolute atomic E-state index is 0.264. The monoisotopic (exact) mass is 431 g/mol. The van der Waals surface area contributed by atoms with Crippen molar-refractivity contribution in [3.05, 3.63) is 94.5 Å². The van der Waals surface area contributed by atoms with Crippen molar-refractivity contribution < 1.29 is 22.4 Å². The molecule has 0 spiro atoms. The van der Waals surface area contributed by atoms with E-state index in [1.165, 1.54) is 0 Å². The van der Waals surface area contributed by atoms with Crippen LogP contribution in [0.3, 0.4) is 0 Å². The number of nitrogens with two attached hydrogens (primary N) is 1. The summed E-state index contributed by atoms with van der Waals surface area (Å²) in [5.74, 6) is -0.947. The minimum Gasteiger partial charge on any atom is -0.465 e. The molecule has 3 aromatic carbocycles. The predicted octanol–water partition coefficient (Wildman–Crippen LogP) is 3.60. The van der Waals surface area contributed by atoms with Gasteiger partial charge < -0.3 is 19.8 Å². The molecule has 2 unspecified atom stereocenters. The molecule has 0 radical (unpaired) electrons. The Kier molecular flexibility index (Phi) is 5.12. The molecule has 3 aromatic rings. The predicted molar refractivity (Wildman–Crippen MR) is 110 cm³/mol. The molecule has 0 bridgehead atoms. The molecule has 0 aliphatic carbocycles. The van der Waals surface area contributed by atoms with Crippen molar-refractivity contribution in [2.24, 2.45) is 5.73 Å². The van der Waals surface area contributed by atoms with Crippen LogP contribution >= 0.6 is 11.6 Å². The lowest BCUT2D eigenvalue weighted by Crippen LogP contribution is -2.20. The van der Waals surface area contributed by atoms with Gasteiger partial charge in [0.15, 0.2) is 12.2 Å². The number of benzene rings is 3. The van der Waals surface area contributed by atoms with Gasteiger partial charge in [-0.3, -0.25) is 0 Å². The van der Waals surface area contributed by atoms with Gasteiger partial charge in [0.25, 0.3) is 0 Å². The van der Waals surface area contributed by atoms with Crippen LogP contribution in [0.25, 0.3) is 10.8 Å². The van der Waals surface area contributed by atoms with Crippen LogP contribution in [0.15, 0.2) is 78.4 Å². The van der Waals surface area contributed by atoms with Gasteiger partial charge in [0.1, 0.15) is 5.75 Å². The van der Waals surface area contributed by atoms with Crippen molar-refractivity contribution in [2.75, 3.05) is 0 Å². The van der Waals surface area contributed by atoms with Crippen molar-refractivity contribution in [3.63, 3.8) is 0 Å². The SMILES string of the molecule is NC1=C(OS(=O)(=O)Cc2ccc3ccccc3c2)C(O)C(c2ccc(Cl)cc2)O1. The summed E-state index contributed by atoms with van der Waals surface area (Å²) in [5.41, 5.74) is 6.94. The second kappa shape index (κ2) is 7.59. The van der Waals surface area contributed by atoms with Gasteiger partial charge in [0, 0.05) is 5.02 Å². The number of hydrogen-bond acceptors (Lipinski definition) is 6. The molecule has 4 rings (SSSR count). The molecular formula is C21H18ClNO5S. The lowest BCUT2D eigenvalue weighted by atomic mass is 10.0. The Hall–Kier alpha value is -2.74. The average molecular weight is 432 g/mol. The first kappa shape index (κ1) is 19.6. The highest BCUT2D eigenvalue weighted by Crippen LogP contribution is 2.36. The number of aliphatic hydroxyl groups excluding tert-OH is 1. The Bertz CT molecular complexity index is 1190. The highest BCUT2D eigenvalue weighted by atomic mass is 35.5. The Labute approximate surface area is 173 Å². The first-order chi connectivity index (χ1) is 13.8. The highest BCUT2D eigenvalue weighted by molar-refractivity contribution is 7.86. The fourth-order valence-corrected chi connectivity index (χ4v) is 4.46. The number of aliphatic hydroxyl groups is 1. The number of fused-ring (bicyclic) bond motifs is 1. The normalized spacial score (nSPS) is 19.4. The van der Waals surface area contributed by atoms with Gasteiger partial charge in [-0.15, -0.1) is 0 Å². The second-order valence-corrected chi connectivity index (χ2v) is 8.74. The van der Waals surface area contributed by atoms with Crippen LogP contribution in [0, 0.1) is 0 Å². The molecule has 3 N–H and O–H groups in total. The fraction of sp³-hybridized carbons (Fsp3) is 0.143. The summed E-state index contributed by atoms with van der Waals surface area (Å²) in [6.07, 6.45) is -2.24. The van der Waals surface area contributed by atoms with Gasteiger partial charge in [0.05, 0.1) is 0 Å². The van der Waals surface area contributed by atoms with Crippen molar-refractivity contribution in [3.8, 4) is 0 Å². The molecular weight excluding hydrogens is 414 g/mol. The Morgan fingerprint density at radius 2 is 1.72 bits per heavy atom. The molecule has 29 heavy (non-hydrogen) atoms. The Balaban J connectivity index is 1.52. The molecule has 0 saturated carbocycles. The van der Waals surface area contributed by atoms with Gasteiger partial charge >= 0.3 is 10.1 Å². The van der Waals surface area contributed by atoms with Crippen LogP contribution in [0.2, 0.25) is 5.02 Å². The topological polar surface area (TPSA) is 98.9 Å². The summed E-state index contributed by atoms with van der Waals surface area (Å²) < 4.78 is 35.7. The van der Waals surface area contributed by atoms with E-state index in [0.717, 1.165) is 10.8 Å². The molecule has 0 amide bonds. The van der Waals surface area contributed by atoms with E-state index in [1.54, 1.807) is 36.4 Å². The highest BCUT2D eigenvalue weighted by Gasteiger charge is 2.39. The summed E-state index contributed by atoms with van der Waals surface area (Å²) in [4.78, 5) is 0. The maximum absolute atomic E-state index is 12.6. The number of halogens is 1. The second-order valence-electron chi connectivity index (χ2n) is 6.73. The summed E-state index contributed by atoms with van der Waals surface area (Å²) in [6.45, 7) is 0. The molecule has 6 nitrogen and oxygen atoms in total. The van der Waals surface area contributed by atoms with Gasteiger partial charge in [-0.2, -0.15) is 8.42 Å². The maximum atomic E-state index is 12.6. The maximum Gasteiger partial charge on any atom is 0.313 e. The lowest BCUT2D eigenvalue weighted by Gasteiger charge is -2.16. The van der Waals surface area contributed by atoms with E-state index >= 15 is 0 Å². The van der Waals surface area contributed by atoms with Gasteiger partial charge in [-0.05, 0) is 34.0 Å². The molecule has 1 aliphatic heterocycles.